The molecule has 0 spiro atoms. The number of Topliss-reactive ketones (excluding diaryl/α,β-unsaturated/α-hetero) is 1. The standard InChI is InChI=1S/C22H22N6O3/c1-5-17-19(29)13-7-6-11(2)8-14(13)12(3)30-22-20(24)25-10-15(26-22)18-16(9-23)28(4)27-21(18)31-17/h6-8,10,12,17H,5H2,1-4H3,(H2,24,25)/t12-,17?/m1/s1. The van der Waals surface area contributed by atoms with E-state index in [0.29, 0.717) is 28.8 Å². The highest BCUT2D eigenvalue weighted by molar-refractivity contribution is 6.01. The first kappa shape index (κ1) is 20.3. The Hall–Kier alpha value is -3.93. The number of hydrogen-bond donors (Lipinski definition) is 1. The van der Waals surface area contributed by atoms with E-state index in [4.69, 9.17) is 15.2 Å². The van der Waals surface area contributed by atoms with Crippen molar-refractivity contribution in [3.8, 4) is 29.1 Å². The molecule has 2 bridgehead atoms. The molecular weight excluding hydrogens is 396 g/mol. The molecule has 2 atom stereocenters. The summed E-state index contributed by atoms with van der Waals surface area (Å²) in [6, 6.07) is 7.66. The molecule has 31 heavy (non-hydrogen) atoms. The molecule has 9 nitrogen and oxygen atoms in total. The monoisotopic (exact) mass is 418 g/mol. The van der Waals surface area contributed by atoms with Gasteiger partial charge in [-0.2, -0.15) is 5.26 Å². The largest absolute Gasteiger partial charge is 0.467 e. The number of nitrogen functional groups attached to an aromatic ring is 1. The minimum atomic E-state index is -0.797. The second-order valence-corrected chi connectivity index (χ2v) is 7.44. The van der Waals surface area contributed by atoms with Crippen LogP contribution in [-0.2, 0) is 7.05 Å². The van der Waals surface area contributed by atoms with Gasteiger partial charge in [-0.05, 0) is 20.3 Å². The summed E-state index contributed by atoms with van der Waals surface area (Å²) in [7, 11) is 1.62. The van der Waals surface area contributed by atoms with Crippen LogP contribution in [0.5, 0.6) is 11.8 Å². The third kappa shape index (κ3) is 3.46. The number of benzene rings is 1. The average Bonchev–Trinajstić information content (AvgIpc) is 3.07. The lowest BCUT2D eigenvalue weighted by Crippen LogP contribution is -2.29. The summed E-state index contributed by atoms with van der Waals surface area (Å²) < 4.78 is 13.5. The molecule has 0 saturated carbocycles. The molecule has 1 unspecified atom stereocenters. The summed E-state index contributed by atoms with van der Waals surface area (Å²) in [5.41, 5.74) is 9.08. The first-order valence-electron chi connectivity index (χ1n) is 9.92. The Kier molecular flexibility index (Phi) is 5.07. The molecule has 3 aromatic rings. The van der Waals surface area contributed by atoms with Crippen LogP contribution in [0.3, 0.4) is 0 Å². The number of carbonyl (C=O) groups is 1. The molecule has 4 rings (SSSR count). The predicted molar refractivity (Wildman–Crippen MR) is 113 cm³/mol. The molecule has 1 aliphatic heterocycles. The van der Waals surface area contributed by atoms with Gasteiger partial charge in [0, 0.05) is 18.2 Å². The Morgan fingerprint density at radius 2 is 2.06 bits per heavy atom. The third-order valence-electron chi connectivity index (χ3n) is 5.26. The van der Waals surface area contributed by atoms with Gasteiger partial charge in [-0.1, -0.05) is 30.7 Å². The molecular formula is C22H22N6O3. The van der Waals surface area contributed by atoms with E-state index in [-0.39, 0.29) is 29.1 Å². The van der Waals surface area contributed by atoms with E-state index >= 15 is 0 Å². The second-order valence-electron chi connectivity index (χ2n) is 7.44. The Morgan fingerprint density at radius 1 is 1.29 bits per heavy atom. The molecule has 158 valence electrons. The summed E-state index contributed by atoms with van der Waals surface area (Å²) in [4.78, 5) is 22.2. The molecule has 1 aromatic carbocycles. The second kappa shape index (κ2) is 7.72. The van der Waals surface area contributed by atoms with E-state index in [0.717, 1.165) is 5.56 Å². The van der Waals surface area contributed by atoms with Crippen LogP contribution in [0.4, 0.5) is 5.82 Å². The number of nitrogens with zero attached hydrogens (tertiary/aromatic N) is 5. The van der Waals surface area contributed by atoms with E-state index < -0.39 is 12.2 Å². The molecule has 0 saturated heterocycles. The van der Waals surface area contributed by atoms with Crippen molar-refractivity contribution in [1.29, 1.82) is 5.26 Å². The number of rotatable bonds is 1. The molecule has 0 fully saturated rings. The first-order chi connectivity index (χ1) is 14.8. The highest BCUT2D eigenvalue weighted by Crippen LogP contribution is 2.36. The zero-order chi connectivity index (χ0) is 22.3. The minimum absolute atomic E-state index is 0.101. The van der Waals surface area contributed by atoms with E-state index in [9.17, 15) is 10.1 Å². The van der Waals surface area contributed by atoms with Crippen LogP contribution in [0, 0.1) is 18.3 Å². The van der Waals surface area contributed by atoms with E-state index in [2.05, 4.69) is 21.1 Å². The van der Waals surface area contributed by atoms with Crippen molar-refractivity contribution in [2.24, 2.45) is 7.05 Å². The third-order valence-corrected chi connectivity index (χ3v) is 5.26. The minimum Gasteiger partial charge on any atom is -0.467 e. The number of fused-ring (bicyclic) bond motifs is 5. The number of carbonyl (C=O) groups excluding carboxylic acids is 1. The van der Waals surface area contributed by atoms with Gasteiger partial charge >= 0.3 is 0 Å². The van der Waals surface area contributed by atoms with Crippen LogP contribution in [0.25, 0.3) is 11.3 Å². The fourth-order valence-electron chi connectivity index (χ4n) is 3.63. The van der Waals surface area contributed by atoms with Gasteiger partial charge in [-0.15, -0.1) is 5.10 Å². The van der Waals surface area contributed by atoms with Crippen molar-refractivity contribution in [3.63, 3.8) is 0 Å². The van der Waals surface area contributed by atoms with Crippen LogP contribution in [0.1, 0.15) is 53.6 Å². The number of nitrogens with two attached hydrogens (primary N) is 1. The van der Waals surface area contributed by atoms with Gasteiger partial charge in [0.1, 0.15) is 23.4 Å². The van der Waals surface area contributed by atoms with Crippen LogP contribution in [0.2, 0.25) is 0 Å². The van der Waals surface area contributed by atoms with Crippen molar-refractivity contribution in [3.05, 3.63) is 46.8 Å². The zero-order valence-electron chi connectivity index (χ0n) is 17.7. The maximum atomic E-state index is 13.4. The quantitative estimate of drug-likeness (QED) is 0.638. The fourth-order valence-corrected chi connectivity index (χ4v) is 3.63. The summed E-state index contributed by atoms with van der Waals surface area (Å²) in [6.45, 7) is 5.63. The zero-order valence-corrected chi connectivity index (χ0v) is 17.7. The SMILES string of the molecule is CCC1Oc2nn(C)c(C#N)c2-c2cnc(N)c(n2)O[C@H](C)c2cc(C)ccc2C1=O. The maximum Gasteiger partial charge on any atom is 0.258 e. The van der Waals surface area contributed by atoms with Gasteiger partial charge in [-0.25, -0.2) is 9.97 Å². The van der Waals surface area contributed by atoms with Crippen LogP contribution >= 0.6 is 0 Å². The average molecular weight is 418 g/mol. The molecule has 0 aliphatic carbocycles. The van der Waals surface area contributed by atoms with Crippen LogP contribution in [0.15, 0.2) is 24.4 Å². The van der Waals surface area contributed by atoms with Gasteiger partial charge in [0.25, 0.3) is 5.88 Å². The lowest BCUT2D eigenvalue weighted by molar-refractivity contribution is 0.0773. The highest BCUT2D eigenvalue weighted by Gasteiger charge is 2.30. The molecule has 2 N–H and O–H groups in total. The number of anilines is 1. The molecule has 0 radical (unpaired) electrons. The van der Waals surface area contributed by atoms with E-state index in [1.807, 2.05) is 32.9 Å². The number of nitriles is 1. The van der Waals surface area contributed by atoms with Gasteiger partial charge in [0.2, 0.25) is 11.7 Å². The number of ether oxygens (including phenoxy) is 2. The Balaban J connectivity index is 1.99. The molecule has 2 aromatic heterocycles. The molecule has 3 heterocycles. The first-order valence-corrected chi connectivity index (χ1v) is 9.92. The molecule has 0 amide bonds. The van der Waals surface area contributed by atoms with Crippen molar-refractivity contribution in [1.82, 2.24) is 19.7 Å². The number of aryl methyl sites for hydroxylation is 2. The lowest BCUT2D eigenvalue weighted by atomic mass is 9.94. The fraction of sp³-hybridized carbons (Fsp3) is 0.318. The Morgan fingerprint density at radius 3 is 2.77 bits per heavy atom. The lowest BCUT2D eigenvalue weighted by Gasteiger charge is -2.22. The predicted octanol–water partition coefficient (Wildman–Crippen LogP) is 3.13. The van der Waals surface area contributed by atoms with Gasteiger partial charge in [0.15, 0.2) is 17.6 Å². The Labute approximate surface area is 179 Å². The highest BCUT2D eigenvalue weighted by atomic mass is 16.5. The van der Waals surface area contributed by atoms with Crippen molar-refractivity contribution in [2.75, 3.05) is 5.73 Å². The van der Waals surface area contributed by atoms with E-state index in [1.54, 1.807) is 13.1 Å². The van der Waals surface area contributed by atoms with Gasteiger partial charge < -0.3 is 15.2 Å². The topological polar surface area (TPSA) is 129 Å². The summed E-state index contributed by atoms with van der Waals surface area (Å²) in [5.74, 6) is 0.151. The number of hydrogen-bond acceptors (Lipinski definition) is 8. The van der Waals surface area contributed by atoms with Gasteiger partial charge in [-0.3, -0.25) is 9.48 Å². The molecule has 1 aliphatic rings. The Bertz CT molecular complexity index is 1230. The molecule has 9 heteroatoms. The summed E-state index contributed by atoms with van der Waals surface area (Å²) >= 11 is 0. The van der Waals surface area contributed by atoms with Crippen molar-refractivity contribution < 1.29 is 14.3 Å². The smallest absolute Gasteiger partial charge is 0.258 e. The van der Waals surface area contributed by atoms with Gasteiger partial charge in [0.05, 0.1) is 6.20 Å². The van der Waals surface area contributed by atoms with E-state index in [1.165, 1.54) is 10.9 Å². The van der Waals surface area contributed by atoms with Crippen LogP contribution in [-0.4, -0.2) is 31.6 Å². The normalized spacial score (nSPS) is 17.8. The maximum absolute atomic E-state index is 13.4. The van der Waals surface area contributed by atoms with Crippen LogP contribution < -0.4 is 15.2 Å². The number of ketones is 1. The summed E-state index contributed by atoms with van der Waals surface area (Å²) in [5, 5.41) is 14.0. The summed E-state index contributed by atoms with van der Waals surface area (Å²) in [6.07, 6.45) is 0.531. The van der Waals surface area contributed by atoms with Crippen molar-refractivity contribution >= 4 is 11.6 Å². The van der Waals surface area contributed by atoms with Crippen molar-refractivity contribution in [2.45, 2.75) is 39.4 Å². The number of aromatic nitrogens is 4.